The van der Waals surface area contributed by atoms with E-state index in [1.54, 1.807) is 36.7 Å². The summed E-state index contributed by atoms with van der Waals surface area (Å²) in [6.07, 6.45) is 4.67. The van der Waals surface area contributed by atoms with Crippen molar-refractivity contribution in [3.05, 3.63) is 82.9 Å². The van der Waals surface area contributed by atoms with Crippen LogP contribution in [-0.2, 0) is 0 Å². The van der Waals surface area contributed by atoms with Gasteiger partial charge in [-0.2, -0.15) is 0 Å². The molecule has 0 radical (unpaired) electrons. The molecule has 2 amide bonds. The zero-order valence-corrected chi connectivity index (χ0v) is 14.0. The maximum atomic E-state index is 12.3. The van der Waals surface area contributed by atoms with Crippen LogP contribution in [0.5, 0.6) is 0 Å². The van der Waals surface area contributed by atoms with Gasteiger partial charge in [0, 0.05) is 35.4 Å². The number of hydrogen-bond acceptors (Lipinski definition) is 3. The number of anilines is 1. The number of aromatic amines is 1. The van der Waals surface area contributed by atoms with Crippen LogP contribution < -0.4 is 11.1 Å². The Labute approximate surface area is 150 Å². The van der Waals surface area contributed by atoms with Crippen LogP contribution in [0.15, 0.2) is 55.0 Å². The number of amides is 2. The molecule has 2 heterocycles. The second kappa shape index (κ2) is 7.36. The molecule has 0 aliphatic heterocycles. The first kappa shape index (κ1) is 17.0. The van der Waals surface area contributed by atoms with Gasteiger partial charge in [-0.15, -0.1) is 0 Å². The first-order valence-corrected chi connectivity index (χ1v) is 7.85. The van der Waals surface area contributed by atoms with Crippen LogP contribution in [0.1, 0.15) is 37.5 Å². The normalized spacial score (nSPS) is 9.88. The third-order valence-electron chi connectivity index (χ3n) is 3.68. The molecule has 0 saturated carbocycles. The molecule has 0 bridgehead atoms. The quantitative estimate of drug-likeness (QED) is 0.636. The minimum Gasteiger partial charge on any atom is -0.366 e. The number of H-pyrrole nitrogens is 1. The van der Waals surface area contributed by atoms with E-state index in [-0.39, 0.29) is 5.91 Å². The maximum absolute atomic E-state index is 12.3. The Kier molecular flexibility index (Phi) is 4.81. The Morgan fingerprint density at radius 2 is 1.92 bits per heavy atom. The molecule has 0 spiro atoms. The highest BCUT2D eigenvalue weighted by molar-refractivity contribution is 6.04. The van der Waals surface area contributed by atoms with E-state index in [9.17, 15) is 9.59 Å². The second-order valence-electron chi connectivity index (χ2n) is 5.65. The minimum absolute atomic E-state index is 0.212. The van der Waals surface area contributed by atoms with E-state index < -0.39 is 5.91 Å². The van der Waals surface area contributed by atoms with Crippen molar-refractivity contribution in [3.63, 3.8) is 0 Å². The van der Waals surface area contributed by atoms with Gasteiger partial charge in [0.05, 0.1) is 5.56 Å². The molecule has 3 aromatic rings. The molecule has 0 atom stereocenters. The van der Waals surface area contributed by atoms with Crippen LogP contribution >= 0.6 is 0 Å². The van der Waals surface area contributed by atoms with Gasteiger partial charge in [-0.05, 0) is 42.8 Å². The number of primary amides is 1. The van der Waals surface area contributed by atoms with E-state index >= 15 is 0 Å². The summed E-state index contributed by atoms with van der Waals surface area (Å²) in [5, 5.41) is 2.84. The predicted molar refractivity (Wildman–Crippen MR) is 98.7 cm³/mol. The molecule has 0 saturated heterocycles. The molecule has 0 aliphatic carbocycles. The van der Waals surface area contributed by atoms with Crippen LogP contribution in [0.25, 0.3) is 0 Å². The zero-order chi connectivity index (χ0) is 18.5. The fraction of sp³-hybridized carbons (Fsp3) is 0.0500. The van der Waals surface area contributed by atoms with E-state index in [1.165, 1.54) is 6.20 Å². The molecule has 6 nitrogen and oxygen atoms in total. The molecule has 26 heavy (non-hydrogen) atoms. The lowest BCUT2D eigenvalue weighted by Gasteiger charge is -2.05. The molecule has 3 rings (SSSR count). The molecular weight excluding hydrogens is 328 g/mol. The Balaban J connectivity index is 1.78. The molecule has 2 aromatic heterocycles. The highest BCUT2D eigenvalue weighted by Crippen LogP contribution is 2.13. The van der Waals surface area contributed by atoms with Crippen molar-refractivity contribution in [2.24, 2.45) is 5.73 Å². The summed E-state index contributed by atoms with van der Waals surface area (Å²) in [7, 11) is 0. The number of rotatable bonds is 3. The van der Waals surface area contributed by atoms with Gasteiger partial charge in [-0.1, -0.05) is 17.9 Å². The fourth-order valence-electron chi connectivity index (χ4n) is 2.35. The van der Waals surface area contributed by atoms with Crippen LogP contribution in [-0.4, -0.2) is 21.8 Å². The number of hydrogen-bond donors (Lipinski definition) is 3. The number of aryl methyl sites for hydroxylation is 1. The van der Waals surface area contributed by atoms with Gasteiger partial charge in [-0.25, -0.2) is 0 Å². The largest absolute Gasteiger partial charge is 0.366 e. The van der Waals surface area contributed by atoms with Crippen molar-refractivity contribution in [3.8, 4) is 11.8 Å². The Morgan fingerprint density at radius 1 is 1.12 bits per heavy atom. The van der Waals surface area contributed by atoms with E-state index in [0.717, 1.165) is 11.1 Å². The number of carbonyl (C=O) groups excluding carboxylic acids is 2. The summed E-state index contributed by atoms with van der Waals surface area (Å²) in [5.41, 5.74) is 8.88. The fourth-order valence-corrected chi connectivity index (χ4v) is 2.35. The van der Waals surface area contributed by atoms with Crippen molar-refractivity contribution in [1.82, 2.24) is 9.97 Å². The van der Waals surface area contributed by atoms with E-state index in [2.05, 4.69) is 27.1 Å². The number of benzene rings is 1. The molecular formula is C20H16N4O2. The number of nitrogens with one attached hydrogen (secondary N) is 2. The van der Waals surface area contributed by atoms with Crippen LogP contribution in [0.4, 0.5) is 5.69 Å². The molecule has 0 fully saturated rings. The molecule has 6 heteroatoms. The number of nitrogens with two attached hydrogens (primary N) is 1. The summed E-state index contributed by atoms with van der Waals surface area (Å²) in [6.45, 7) is 1.86. The minimum atomic E-state index is -0.550. The second-order valence-corrected chi connectivity index (χ2v) is 5.65. The lowest BCUT2D eigenvalue weighted by Crippen LogP contribution is -2.13. The Bertz CT molecular complexity index is 1040. The van der Waals surface area contributed by atoms with Crippen molar-refractivity contribution < 1.29 is 9.59 Å². The number of pyridine rings is 1. The molecule has 4 N–H and O–H groups in total. The molecule has 128 valence electrons. The average Bonchev–Trinajstić information content (AvgIpc) is 3.07. The maximum Gasteiger partial charge on any atom is 0.272 e. The van der Waals surface area contributed by atoms with Gasteiger partial charge in [0.1, 0.15) is 5.69 Å². The highest BCUT2D eigenvalue weighted by Gasteiger charge is 2.10. The van der Waals surface area contributed by atoms with Crippen molar-refractivity contribution in [2.45, 2.75) is 6.92 Å². The van der Waals surface area contributed by atoms with Crippen molar-refractivity contribution in [2.75, 3.05) is 5.32 Å². The van der Waals surface area contributed by atoms with Crippen LogP contribution in [0.2, 0.25) is 0 Å². The number of carbonyl (C=O) groups is 2. The van der Waals surface area contributed by atoms with Crippen molar-refractivity contribution in [1.29, 1.82) is 0 Å². The summed E-state index contributed by atoms with van der Waals surface area (Å²) >= 11 is 0. The summed E-state index contributed by atoms with van der Waals surface area (Å²) in [6, 6.07) is 10.6. The standard InChI is InChI=1S/C20H16N4O2/c1-13-7-8-23-18(13)20(26)24-17-4-2-3-14(10-17)5-6-15-9-16(19(21)25)12-22-11-15/h2-4,7-12,23H,1H3,(H2,21,25)(H,24,26). The summed E-state index contributed by atoms with van der Waals surface area (Å²) in [5.74, 6) is 5.16. The van der Waals surface area contributed by atoms with Gasteiger partial charge in [-0.3, -0.25) is 14.6 Å². The SMILES string of the molecule is Cc1cc[nH]c1C(=O)Nc1cccc(C#Cc2cncc(C(N)=O)c2)c1. The van der Waals surface area contributed by atoms with Gasteiger partial charge in [0.25, 0.3) is 5.91 Å². The lowest BCUT2D eigenvalue weighted by molar-refractivity contribution is 0.0996. The first-order valence-electron chi connectivity index (χ1n) is 7.85. The monoisotopic (exact) mass is 344 g/mol. The summed E-state index contributed by atoms with van der Waals surface area (Å²) in [4.78, 5) is 30.3. The number of aromatic nitrogens is 2. The van der Waals surface area contributed by atoms with Crippen LogP contribution in [0, 0.1) is 18.8 Å². The smallest absolute Gasteiger partial charge is 0.272 e. The van der Waals surface area contributed by atoms with Crippen LogP contribution in [0.3, 0.4) is 0 Å². The third-order valence-corrected chi connectivity index (χ3v) is 3.68. The van der Waals surface area contributed by atoms with Gasteiger partial charge in [0.2, 0.25) is 5.91 Å². The highest BCUT2D eigenvalue weighted by atomic mass is 16.2. The zero-order valence-electron chi connectivity index (χ0n) is 14.0. The molecule has 0 aliphatic rings. The molecule has 1 aromatic carbocycles. The van der Waals surface area contributed by atoms with Gasteiger partial charge >= 0.3 is 0 Å². The van der Waals surface area contributed by atoms with E-state index in [4.69, 9.17) is 5.73 Å². The topological polar surface area (TPSA) is 101 Å². The number of nitrogens with zero attached hydrogens (tertiary/aromatic N) is 1. The summed E-state index contributed by atoms with van der Waals surface area (Å²) < 4.78 is 0. The van der Waals surface area contributed by atoms with E-state index in [0.29, 0.717) is 22.5 Å². The first-order chi connectivity index (χ1) is 12.5. The van der Waals surface area contributed by atoms with Gasteiger partial charge < -0.3 is 16.0 Å². The Morgan fingerprint density at radius 3 is 2.65 bits per heavy atom. The predicted octanol–water partition coefficient (Wildman–Crippen LogP) is 2.47. The van der Waals surface area contributed by atoms with E-state index in [1.807, 2.05) is 19.1 Å². The molecule has 0 unspecified atom stereocenters. The van der Waals surface area contributed by atoms with Crippen molar-refractivity contribution >= 4 is 17.5 Å². The third kappa shape index (κ3) is 3.97. The lowest BCUT2D eigenvalue weighted by atomic mass is 10.1. The van der Waals surface area contributed by atoms with Gasteiger partial charge in [0.15, 0.2) is 0 Å². The Hall–Kier alpha value is -3.85. The average molecular weight is 344 g/mol.